The third-order valence-corrected chi connectivity index (χ3v) is 6.25. The van der Waals surface area contributed by atoms with Crippen LogP contribution in [-0.2, 0) is 6.54 Å². The smallest absolute Gasteiger partial charge is 0.253 e. The van der Waals surface area contributed by atoms with Crippen molar-refractivity contribution in [1.29, 1.82) is 0 Å². The Kier molecular flexibility index (Phi) is 5.74. The van der Waals surface area contributed by atoms with Crippen LogP contribution >= 0.6 is 23.4 Å². The molecule has 146 valence electrons. The van der Waals surface area contributed by atoms with E-state index >= 15 is 0 Å². The zero-order chi connectivity index (χ0) is 20.4. The van der Waals surface area contributed by atoms with E-state index in [1.165, 1.54) is 0 Å². The van der Waals surface area contributed by atoms with E-state index in [-0.39, 0.29) is 5.91 Å². The Morgan fingerprint density at radius 3 is 2.55 bits per heavy atom. The molecule has 0 N–H and O–H groups in total. The molecule has 3 aromatic rings. The van der Waals surface area contributed by atoms with Crippen molar-refractivity contribution < 1.29 is 4.79 Å². The number of nitrogens with zero attached hydrogens (tertiary/aromatic N) is 2. The fraction of sp³-hybridized carbons (Fsp3) is 0.167. The highest BCUT2D eigenvalue weighted by atomic mass is 35.5. The minimum absolute atomic E-state index is 0.0142. The number of benzene rings is 3. The molecule has 0 fully saturated rings. The third kappa shape index (κ3) is 4.24. The molecule has 0 saturated carbocycles. The van der Waals surface area contributed by atoms with Crippen LogP contribution in [0.5, 0.6) is 0 Å². The van der Waals surface area contributed by atoms with Crippen LogP contribution in [0.15, 0.2) is 81.5 Å². The van der Waals surface area contributed by atoms with Gasteiger partial charge in [-0.05, 0) is 48.4 Å². The SMILES string of the molecule is CCC1=Nc2cc(C(=O)N(C)Cc3ccccc3)ccc2Sc2ccc(Cl)cc21. The van der Waals surface area contributed by atoms with Gasteiger partial charge in [-0.1, -0.05) is 60.6 Å². The standard InChI is InChI=1S/C24H21ClN2OS/c1-3-20-19-14-18(25)10-12-22(19)29-23-11-9-17(13-21(23)26-20)24(28)27(2)15-16-7-5-4-6-8-16/h4-14H,3,15H2,1-2H3. The van der Waals surface area contributed by atoms with Gasteiger partial charge in [0.15, 0.2) is 0 Å². The van der Waals surface area contributed by atoms with Gasteiger partial charge in [-0.2, -0.15) is 0 Å². The quantitative estimate of drug-likeness (QED) is 0.475. The molecule has 29 heavy (non-hydrogen) atoms. The van der Waals surface area contributed by atoms with Crippen LogP contribution < -0.4 is 0 Å². The third-order valence-electron chi connectivity index (χ3n) is 4.88. The zero-order valence-corrected chi connectivity index (χ0v) is 17.9. The number of carbonyl (C=O) groups is 1. The van der Waals surface area contributed by atoms with Crippen molar-refractivity contribution in [2.24, 2.45) is 4.99 Å². The Hall–Kier alpha value is -2.56. The van der Waals surface area contributed by atoms with Gasteiger partial charge in [0.25, 0.3) is 5.91 Å². The van der Waals surface area contributed by atoms with Crippen LogP contribution in [0.25, 0.3) is 0 Å². The Balaban J connectivity index is 1.66. The van der Waals surface area contributed by atoms with Crippen LogP contribution in [0.3, 0.4) is 0 Å². The van der Waals surface area contributed by atoms with Gasteiger partial charge in [0.05, 0.1) is 5.69 Å². The fourth-order valence-electron chi connectivity index (χ4n) is 3.38. The molecule has 0 bridgehead atoms. The Morgan fingerprint density at radius 1 is 1.03 bits per heavy atom. The van der Waals surface area contributed by atoms with E-state index in [0.29, 0.717) is 17.1 Å². The summed E-state index contributed by atoms with van der Waals surface area (Å²) in [5.74, 6) is -0.0142. The van der Waals surface area contributed by atoms with Crippen molar-refractivity contribution in [3.8, 4) is 0 Å². The minimum atomic E-state index is -0.0142. The van der Waals surface area contributed by atoms with Gasteiger partial charge in [0.2, 0.25) is 0 Å². The van der Waals surface area contributed by atoms with Crippen molar-refractivity contribution in [3.05, 3.63) is 88.4 Å². The lowest BCUT2D eigenvalue weighted by Gasteiger charge is -2.18. The molecule has 0 spiro atoms. The van der Waals surface area contributed by atoms with E-state index in [2.05, 4.69) is 6.92 Å². The average molecular weight is 421 g/mol. The van der Waals surface area contributed by atoms with E-state index in [9.17, 15) is 4.79 Å². The summed E-state index contributed by atoms with van der Waals surface area (Å²) in [5.41, 5.74) is 4.63. The number of halogens is 1. The van der Waals surface area contributed by atoms with Gasteiger partial charge in [-0.3, -0.25) is 9.79 Å². The molecular weight excluding hydrogens is 400 g/mol. The molecule has 0 unspecified atom stereocenters. The first kappa shape index (κ1) is 19.7. The van der Waals surface area contributed by atoms with Gasteiger partial charge in [0, 0.05) is 45.2 Å². The molecule has 0 aliphatic carbocycles. The molecular formula is C24H21ClN2OS. The highest BCUT2D eigenvalue weighted by Crippen LogP contribution is 2.41. The lowest BCUT2D eigenvalue weighted by molar-refractivity contribution is 0.0785. The summed E-state index contributed by atoms with van der Waals surface area (Å²) in [6, 6.07) is 21.7. The highest BCUT2D eigenvalue weighted by molar-refractivity contribution is 7.99. The second-order valence-electron chi connectivity index (χ2n) is 6.98. The minimum Gasteiger partial charge on any atom is -0.337 e. The maximum Gasteiger partial charge on any atom is 0.253 e. The molecule has 0 saturated heterocycles. The van der Waals surface area contributed by atoms with E-state index in [1.807, 2.05) is 73.8 Å². The second kappa shape index (κ2) is 8.44. The van der Waals surface area contributed by atoms with Crippen molar-refractivity contribution in [2.45, 2.75) is 29.7 Å². The normalized spacial score (nSPS) is 12.4. The van der Waals surface area contributed by atoms with Crippen molar-refractivity contribution in [1.82, 2.24) is 4.90 Å². The number of aliphatic imine (C=N–C) groups is 1. The fourth-order valence-corrected chi connectivity index (χ4v) is 4.56. The zero-order valence-electron chi connectivity index (χ0n) is 16.4. The lowest BCUT2D eigenvalue weighted by atomic mass is 10.1. The molecule has 1 amide bonds. The van der Waals surface area contributed by atoms with Crippen molar-refractivity contribution in [2.75, 3.05) is 7.05 Å². The van der Waals surface area contributed by atoms with Gasteiger partial charge >= 0.3 is 0 Å². The van der Waals surface area contributed by atoms with Crippen LogP contribution in [0, 0.1) is 0 Å². The number of hydrogen-bond donors (Lipinski definition) is 0. The van der Waals surface area contributed by atoms with Crippen LogP contribution in [0.4, 0.5) is 5.69 Å². The second-order valence-corrected chi connectivity index (χ2v) is 8.50. The predicted octanol–water partition coefficient (Wildman–Crippen LogP) is 6.61. The number of fused-ring (bicyclic) bond motifs is 2. The van der Waals surface area contributed by atoms with Crippen LogP contribution in [-0.4, -0.2) is 23.6 Å². The van der Waals surface area contributed by atoms with Crippen molar-refractivity contribution >= 4 is 40.7 Å². The first-order valence-electron chi connectivity index (χ1n) is 9.54. The molecule has 0 atom stereocenters. The predicted molar refractivity (Wildman–Crippen MR) is 121 cm³/mol. The molecule has 1 aliphatic heterocycles. The molecule has 0 radical (unpaired) electrons. The summed E-state index contributed by atoms with van der Waals surface area (Å²) in [6.07, 6.45) is 0.791. The molecule has 0 aromatic heterocycles. The first-order valence-corrected chi connectivity index (χ1v) is 10.7. The first-order chi connectivity index (χ1) is 14.0. The average Bonchev–Trinajstić information content (AvgIpc) is 2.89. The summed E-state index contributed by atoms with van der Waals surface area (Å²) in [4.78, 5) is 21.8. The maximum absolute atomic E-state index is 13.0. The summed E-state index contributed by atoms with van der Waals surface area (Å²) in [6.45, 7) is 2.65. The van der Waals surface area contributed by atoms with E-state index in [4.69, 9.17) is 16.6 Å². The summed E-state index contributed by atoms with van der Waals surface area (Å²) in [7, 11) is 1.83. The molecule has 4 rings (SSSR count). The Morgan fingerprint density at radius 2 is 1.79 bits per heavy atom. The van der Waals surface area contributed by atoms with Crippen LogP contribution in [0.1, 0.15) is 34.8 Å². The Bertz CT molecular complexity index is 1100. The highest BCUT2D eigenvalue weighted by Gasteiger charge is 2.19. The van der Waals surface area contributed by atoms with Gasteiger partial charge in [0.1, 0.15) is 0 Å². The van der Waals surface area contributed by atoms with E-state index in [1.54, 1.807) is 16.7 Å². The van der Waals surface area contributed by atoms with Crippen LogP contribution in [0.2, 0.25) is 5.02 Å². The summed E-state index contributed by atoms with van der Waals surface area (Å²) < 4.78 is 0. The number of rotatable bonds is 4. The Labute approximate surface area is 180 Å². The number of amides is 1. The monoisotopic (exact) mass is 420 g/mol. The molecule has 3 aromatic carbocycles. The summed E-state index contributed by atoms with van der Waals surface area (Å²) in [5, 5.41) is 0.704. The molecule has 1 aliphatic rings. The molecule has 3 nitrogen and oxygen atoms in total. The van der Waals surface area contributed by atoms with Crippen molar-refractivity contribution in [3.63, 3.8) is 0 Å². The lowest BCUT2D eigenvalue weighted by Crippen LogP contribution is -2.26. The van der Waals surface area contributed by atoms with Gasteiger partial charge in [-0.15, -0.1) is 0 Å². The topological polar surface area (TPSA) is 32.7 Å². The van der Waals surface area contributed by atoms with Gasteiger partial charge < -0.3 is 4.90 Å². The summed E-state index contributed by atoms with van der Waals surface area (Å²) >= 11 is 7.88. The molecule has 5 heteroatoms. The molecule has 1 heterocycles. The van der Waals surface area contributed by atoms with E-state index in [0.717, 1.165) is 38.7 Å². The number of carbonyl (C=O) groups excluding carboxylic acids is 1. The maximum atomic E-state index is 13.0. The number of hydrogen-bond acceptors (Lipinski definition) is 3. The largest absolute Gasteiger partial charge is 0.337 e. The van der Waals surface area contributed by atoms with E-state index < -0.39 is 0 Å². The van der Waals surface area contributed by atoms with Gasteiger partial charge in [-0.25, -0.2) is 0 Å².